The highest BCUT2D eigenvalue weighted by Crippen LogP contribution is 2.26. The van der Waals surface area contributed by atoms with Gasteiger partial charge >= 0.3 is 0 Å². The first kappa shape index (κ1) is 19.0. The van der Waals surface area contributed by atoms with E-state index in [9.17, 15) is 5.11 Å². The minimum atomic E-state index is -0.619. The van der Waals surface area contributed by atoms with Gasteiger partial charge < -0.3 is 20.6 Å². The minimum Gasteiger partial charge on any atom is -0.386 e. The normalized spacial score (nSPS) is 13.0. The number of aliphatic imine (C=N–C) groups is 1. The van der Waals surface area contributed by atoms with Crippen LogP contribution in [0, 0.1) is 0 Å². The second-order valence-electron chi connectivity index (χ2n) is 5.25. The van der Waals surface area contributed by atoms with Crippen molar-refractivity contribution in [2.75, 3.05) is 32.1 Å². The fraction of sp³-hybridized carbons (Fsp3) is 0.467. The average Bonchev–Trinajstić information content (AvgIpc) is 3.18. The molecule has 0 aliphatic carbocycles. The minimum absolute atomic E-state index is 0.364. The number of thiophene rings is 1. The Morgan fingerprint density at radius 2 is 2.21 bits per heavy atom. The largest absolute Gasteiger partial charge is 0.386 e. The molecule has 2 aromatic rings. The van der Waals surface area contributed by atoms with E-state index < -0.39 is 6.10 Å². The molecule has 2 rings (SSSR count). The lowest BCUT2D eigenvalue weighted by atomic mass is 10.3. The molecule has 0 radical (unpaired) electrons. The van der Waals surface area contributed by atoms with Gasteiger partial charge in [-0.3, -0.25) is 0 Å². The van der Waals surface area contributed by atoms with Gasteiger partial charge in [0.05, 0.1) is 16.6 Å². The summed E-state index contributed by atoms with van der Waals surface area (Å²) in [6.45, 7) is 3.59. The van der Waals surface area contributed by atoms with Crippen molar-refractivity contribution in [1.82, 2.24) is 15.6 Å². The van der Waals surface area contributed by atoms with Crippen molar-refractivity contribution in [2.45, 2.75) is 19.6 Å². The van der Waals surface area contributed by atoms with Crippen LogP contribution in [0.25, 0.3) is 0 Å². The molecule has 6 nitrogen and oxygen atoms in total. The van der Waals surface area contributed by atoms with Crippen molar-refractivity contribution in [3.05, 3.63) is 32.4 Å². The summed E-state index contributed by atoms with van der Waals surface area (Å²) in [6, 6.07) is 3.62. The summed E-state index contributed by atoms with van der Waals surface area (Å²) in [6.07, 6.45) is -0.619. The lowest BCUT2D eigenvalue weighted by Crippen LogP contribution is -2.39. The molecule has 0 saturated heterocycles. The van der Waals surface area contributed by atoms with Crippen LogP contribution in [-0.2, 0) is 6.54 Å². The second kappa shape index (κ2) is 9.22. The van der Waals surface area contributed by atoms with Crippen molar-refractivity contribution >= 4 is 45.4 Å². The first-order chi connectivity index (χ1) is 11.5. The molecular weight excluding hydrogens is 366 g/mol. The topological polar surface area (TPSA) is 72.8 Å². The zero-order chi connectivity index (χ0) is 17.5. The predicted molar refractivity (Wildman–Crippen MR) is 104 cm³/mol. The molecule has 3 N–H and O–H groups in total. The Balaban J connectivity index is 1.92. The summed E-state index contributed by atoms with van der Waals surface area (Å²) in [4.78, 5) is 11.8. The van der Waals surface area contributed by atoms with Gasteiger partial charge in [-0.05, 0) is 19.1 Å². The maximum atomic E-state index is 10.2. The Labute approximate surface area is 155 Å². The Kier molecular flexibility index (Phi) is 7.29. The molecule has 0 saturated carbocycles. The number of anilines is 1. The van der Waals surface area contributed by atoms with Gasteiger partial charge in [0, 0.05) is 37.4 Å². The van der Waals surface area contributed by atoms with E-state index in [-0.39, 0.29) is 0 Å². The second-order valence-corrected chi connectivity index (χ2v) is 7.83. The quantitative estimate of drug-likeness (QED) is 0.503. The number of nitrogens with one attached hydrogen (secondary N) is 2. The monoisotopic (exact) mass is 387 g/mol. The highest BCUT2D eigenvalue weighted by molar-refractivity contribution is 7.16. The van der Waals surface area contributed by atoms with Crippen LogP contribution in [0.2, 0.25) is 4.34 Å². The number of nitrogens with zero attached hydrogens (tertiary/aromatic N) is 3. The van der Waals surface area contributed by atoms with E-state index in [1.54, 1.807) is 17.4 Å². The smallest absolute Gasteiger partial charge is 0.191 e. The van der Waals surface area contributed by atoms with Crippen molar-refractivity contribution in [2.24, 2.45) is 4.99 Å². The fourth-order valence-corrected chi connectivity index (χ4v) is 3.67. The summed E-state index contributed by atoms with van der Waals surface area (Å²) >= 11 is 8.87. The van der Waals surface area contributed by atoms with Gasteiger partial charge in [0.2, 0.25) is 0 Å². The molecule has 1 atom stereocenters. The number of aliphatic hydroxyl groups excluding tert-OH is 1. The van der Waals surface area contributed by atoms with Crippen LogP contribution >= 0.6 is 34.3 Å². The molecule has 2 aromatic heterocycles. The highest BCUT2D eigenvalue weighted by Gasteiger charge is 2.11. The number of halogens is 1. The number of hydrogen-bond donors (Lipinski definition) is 3. The van der Waals surface area contributed by atoms with Crippen molar-refractivity contribution in [1.29, 1.82) is 0 Å². The molecule has 1 unspecified atom stereocenters. The van der Waals surface area contributed by atoms with E-state index in [0.29, 0.717) is 23.4 Å². The van der Waals surface area contributed by atoms with Crippen LogP contribution in [0.4, 0.5) is 5.13 Å². The van der Waals surface area contributed by atoms with E-state index in [1.807, 2.05) is 37.4 Å². The van der Waals surface area contributed by atoms with Gasteiger partial charge in [-0.15, -0.1) is 22.7 Å². The maximum Gasteiger partial charge on any atom is 0.191 e. The van der Waals surface area contributed by atoms with Crippen LogP contribution in [0.15, 0.2) is 22.5 Å². The predicted octanol–water partition coefficient (Wildman–Crippen LogP) is 2.71. The third kappa shape index (κ3) is 5.62. The lowest BCUT2D eigenvalue weighted by molar-refractivity contribution is 0.184. The van der Waals surface area contributed by atoms with Gasteiger partial charge in [-0.25, -0.2) is 9.98 Å². The number of aromatic nitrogens is 1. The zero-order valence-electron chi connectivity index (χ0n) is 13.9. The average molecular weight is 388 g/mol. The fourth-order valence-electron chi connectivity index (χ4n) is 1.88. The highest BCUT2D eigenvalue weighted by atomic mass is 35.5. The molecule has 9 heteroatoms. The van der Waals surface area contributed by atoms with Gasteiger partial charge in [0.15, 0.2) is 11.1 Å². The molecule has 0 fully saturated rings. The van der Waals surface area contributed by atoms with Crippen LogP contribution < -0.4 is 15.5 Å². The summed E-state index contributed by atoms with van der Waals surface area (Å²) < 4.78 is 0.671. The summed E-state index contributed by atoms with van der Waals surface area (Å²) in [5, 5.41) is 19.5. The number of guanidine groups is 1. The van der Waals surface area contributed by atoms with Gasteiger partial charge in [-0.1, -0.05) is 11.6 Å². The van der Waals surface area contributed by atoms with Crippen LogP contribution in [-0.4, -0.2) is 43.2 Å². The molecule has 132 valence electrons. The molecule has 0 spiro atoms. The summed E-state index contributed by atoms with van der Waals surface area (Å²) in [5.74, 6) is 0.651. The number of rotatable bonds is 7. The standard InChI is InChI=1S/C15H22ClN5OS2/c1-4-17-14(18-7-10-9-23-15(20-10)21(2)3)19-8-11(22)12-5-6-13(16)24-12/h5-6,9,11,22H,4,7-8H2,1-3H3,(H2,17,18,19). The molecule has 24 heavy (non-hydrogen) atoms. The van der Waals surface area contributed by atoms with E-state index >= 15 is 0 Å². The third-order valence-electron chi connectivity index (χ3n) is 3.05. The maximum absolute atomic E-state index is 10.2. The van der Waals surface area contributed by atoms with Gasteiger partial charge in [0.1, 0.15) is 6.10 Å². The first-order valence-electron chi connectivity index (χ1n) is 7.56. The van der Waals surface area contributed by atoms with Crippen molar-refractivity contribution < 1.29 is 5.11 Å². The van der Waals surface area contributed by atoms with E-state index in [2.05, 4.69) is 20.6 Å². The molecule has 0 aliphatic heterocycles. The molecular formula is C15H22ClN5OS2. The zero-order valence-corrected chi connectivity index (χ0v) is 16.3. The van der Waals surface area contributed by atoms with Crippen molar-refractivity contribution in [3.8, 4) is 0 Å². The third-order valence-corrected chi connectivity index (χ3v) is 5.44. The van der Waals surface area contributed by atoms with Crippen molar-refractivity contribution in [3.63, 3.8) is 0 Å². The van der Waals surface area contributed by atoms with Gasteiger partial charge in [-0.2, -0.15) is 0 Å². The number of aliphatic hydroxyl groups is 1. The SMILES string of the molecule is CCNC(=NCc1csc(N(C)C)n1)NCC(O)c1ccc(Cl)s1. The first-order valence-corrected chi connectivity index (χ1v) is 9.64. The molecule has 0 amide bonds. The Morgan fingerprint density at radius 3 is 2.79 bits per heavy atom. The van der Waals surface area contributed by atoms with E-state index in [0.717, 1.165) is 22.2 Å². The lowest BCUT2D eigenvalue weighted by Gasteiger charge is -2.14. The number of thiazole rings is 1. The van der Waals surface area contributed by atoms with E-state index in [1.165, 1.54) is 11.3 Å². The molecule has 2 heterocycles. The molecule has 0 bridgehead atoms. The van der Waals surface area contributed by atoms with Crippen LogP contribution in [0.5, 0.6) is 0 Å². The Hall–Kier alpha value is -1.35. The Bertz CT molecular complexity index is 670. The summed E-state index contributed by atoms with van der Waals surface area (Å²) in [5.41, 5.74) is 0.923. The van der Waals surface area contributed by atoms with Crippen LogP contribution in [0.3, 0.4) is 0 Å². The Morgan fingerprint density at radius 1 is 1.42 bits per heavy atom. The van der Waals surface area contributed by atoms with Crippen LogP contribution in [0.1, 0.15) is 23.6 Å². The number of hydrogen-bond acceptors (Lipinski definition) is 6. The van der Waals surface area contributed by atoms with E-state index in [4.69, 9.17) is 11.6 Å². The molecule has 0 aliphatic rings. The molecule has 0 aromatic carbocycles. The van der Waals surface area contributed by atoms with Gasteiger partial charge in [0.25, 0.3) is 0 Å². The summed E-state index contributed by atoms with van der Waals surface area (Å²) in [7, 11) is 3.94.